The van der Waals surface area contributed by atoms with Gasteiger partial charge in [-0.15, -0.1) is 0 Å². The van der Waals surface area contributed by atoms with Gasteiger partial charge in [0.2, 0.25) is 0 Å². The van der Waals surface area contributed by atoms with Gasteiger partial charge in [0.25, 0.3) is 0 Å². The molecule has 3 heteroatoms. The number of carbonyl (C=O) groups is 1. The number of Topliss-reactive ketones (excluding diaryl/α,β-unsaturated/α-hetero) is 1. The SMILES string of the molecule is CC12CCC3C(CCC4(C)CC(O)CCC34C)C1CC(CN1CCCCC1)C2=O. The number of piperidine rings is 1. The number of fused-ring (bicyclic) bond motifs is 5. The summed E-state index contributed by atoms with van der Waals surface area (Å²) in [5.41, 5.74) is 0.583. The Balaban J connectivity index is 1.37. The van der Waals surface area contributed by atoms with Gasteiger partial charge in [-0.3, -0.25) is 4.79 Å². The van der Waals surface area contributed by atoms with Crippen molar-refractivity contribution >= 4 is 5.78 Å². The molecule has 4 saturated carbocycles. The minimum absolute atomic E-state index is 0.0557. The van der Waals surface area contributed by atoms with Crippen molar-refractivity contribution in [1.29, 1.82) is 0 Å². The van der Waals surface area contributed by atoms with Gasteiger partial charge < -0.3 is 10.0 Å². The van der Waals surface area contributed by atoms with Crippen LogP contribution in [0.5, 0.6) is 0 Å². The van der Waals surface area contributed by atoms with E-state index in [-0.39, 0.29) is 22.9 Å². The maximum atomic E-state index is 13.6. The van der Waals surface area contributed by atoms with Crippen molar-refractivity contribution in [2.75, 3.05) is 19.6 Å². The summed E-state index contributed by atoms with van der Waals surface area (Å²) in [4.78, 5) is 16.2. The maximum Gasteiger partial charge on any atom is 0.143 e. The molecule has 1 saturated heterocycles. The van der Waals surface area contributed by atoms with Crippen LogP contribution in [0.15, 0.2) is 0 Å². The average molecular weight is 402 g/mol. The summed E-state index contributed by atoms with van der Waals surface area (Å²) in [7, 11) is 0. The average Bonchev–Trinajstić information content (AvgIpc) is 2.95. The van der Waals surface area contributed by atoms with Crippen LogP contribution in [0.2, 0.25) is 0 Å². The van der Waals surface area contributed by atoms with Crippen LogP contribution in [0.4, 0.5) is 0 Å². The number of ketones is 1. The molecule has 8 unspecified atom stereocenters. The standard InChI is InChI=1S/C26H43NO2/c1-24-10-8-20-21(26(24,3)12-7-19(28)16-24)9-11-25(2)22(20)15-18(23(25)29)17-27-13-5-4-6-14-27/h18-22,28H,4-17H2,1-3H3. The van der Waals surface area contributed by atoms with Gasteiger partial charge in [0, 0.05) is 17.9 Å². The van der Waals surface area contributed by atoms with E-state index in [0.29, 0.717) is 17.1 Å². The van der Waals surface area contributed by atoms with E-state index in [2.05, 4.69) is 25.7 Å². The van der Waals surface area contributed by atoms with Gasteiger partial charge in [-0.25, -0.2) is 0 Å². The molecule has 0 bridgehead atoms. The lowest BCUT2D eigenvalue weighted by atomic mass is 9.40. The smallest absolute Gasteiger partial charge is 0.143 e. The number of carbonyl (C=O) groups excluding carboxylic acids is 1. The van der Waals surface area contributed by atoms with Crippen molar-refractivity contribution < 1.29 is 9.90 Å². The molecule has 3 nitrogen and oxygen atoms in total. The van der Waals surface area contributed by atoms with Crippen LogP contribution in [0.3, 0.4) is 0 Å². The molecule has 1 N–H and O–H groups in total. The molecule has 164 valence electrons. The summed E-state index contributed by atoms with van der Waals surface area (Å²) in [6, 6.07) is 0. The topological polar surface area (TPSA) is 40.5 Å². The first kappa shape index (κ1) is 20.5. The molecule has 0 amide bonds. The monoisotopic (exact) mass is 401 g/mol. The van der Waals surface area contributed by atoms with Crippen molar-refractivity contribution in [3.05, 3.63) is 0 Å². The lowest BCUT2D eigenvalue weighted by Crippen LogP contribution is -2.58. The highest BCUT2D eigenvalue weighted by Crippen LogP contribution is 2.69. The first-order valence-corrected chi connectivity index (χ1v) is 12.7. The summed E-state index contributed by atoms with van der Waals surface area (Å²) >= 11 is 0. The van der Waals surface area contributed by atoms with E-state index in [9.17, 15) is 9.90 Å². The van der Waals surface area contributed by atoms with Crippen LogP contribution in [0.1, 0.15) is 91.4 Å². The molecule has 4 aliphatic carbocycles. The molecule has 0 aromatic heterocycles. The van der Waals surface area contributed by atoms with Crippen molar-refractivity contribution in [3.8, 4) is 0 Å². The Bertz CT molecular complexity index is 657. The molecule has 5 fully saturated rings. The van der Waals surface area contributed by atoms with Crippen molar-refractivity contribution in [1.82, 2.24) is 4.90 Å². The number of hydrogen-bond donors (Lipinski definition) is 1. The van der Waals surface area contributed by atoms with Gasteiger partial charge in [-0.1, -0.05) is 27.2 Å². The van der Waals surface area contributed by atoms with E-state index in [1.54, 1.807) is 0 Å². The molecule has 0 radical (unpaired) electrons. The highest BCUT2D eigenvalue weighted by Gasteiger charge is 2.64. The van der Waals surface area contributed by atoms with Gasteiger partial charge in [0.1, 0.15) is 5.78 Å². The van der Waals surface area contributed by atoms with E-state index in [0.717, 1.165) is 44.1 Å². The molecule has 1 aliphatic heterocycles. The number of likely N-dealkylation sites (tertiary alicyclic amines) is 1. The highest BCUT2D eigenvalue weighted by molar-refractivity contribution is 5.89. The maximum absolute atomic E-state index is 13.6. The number of nitrogens with zero attached hydrogens (tertiary/aromatic N) is 1. The summed E-state index contributed by atoms with van der Waals surface area (Å²) in [5, 5.41) is 10.4. The zero-order valence-electron chi connectivity index (χ0n) is 19.1. The van der Waals surface area contributed by atoms with Crippen molar-refractivity contribution in [2.45, 2.75) is 97.5 Å². The first-order valence-electron chi connectivity index (χ1n) is 12.7. The summed E-state index contributed by atoms with van der Waals surface area (Å²) < 4.78 is 0. The van der Waals surface area contributed by atoms with Crippen LogP contribution >= 0.6 is 0 Å². The summed E-state index contributed by atoms with van der Waals surface area (Å²) in [6.07, 6.45) is 13.1. The van der Waals surface area contributed by atoms with Gasteiger partial charge in [-0.2, -0.15) is 0 Å². The summed E-state index contributed by atoms with van der Waals surface area (Å²) in [5.74, 6) is 3.00. The van der Waals surface area contributed by atoms with Crippen LogP contribution < -0.4 is 0 Å². The number of rotatable bonds is 2. The van der Waals surface area contributed by atoms with Crippen molar-refractivity contribution in [3.63, 3.8) is 0 Å². The summed E-state index contributed by atoms with van der Waals surface area (Å²) in [6.45, 7) is 10.8. The number of aliphatic hydroxyl groups excluding tert-OH is 1. The Labute approximate surface area is 178 Å². The third kappa shape index (κ3) is 3.00. The Hall–Kier alpha value is -0.410. The van der Waals surface area contributed by atoms with Crippen LogP contribution in [0, 0.1) is 39.9 Å². The third-order valence-electron chi connectivity index (χ3n) is 11.1. The largest absolute Gasteiger partial charge is 0.393 e. The Morgan fingerprint density at radius 3 is 2.48 bits per heavy atom. The minimum Gasteiger partial charge on any atom is -0.393 e. The molecule has 1 heterocycles. The third-order valence-corrected chi connectivity index (χ3v) is 11.1. The first-order chi connectivity index (χ1) is 13.8. The van der Waals surface area contributed by atoms with E-state index >= 15 is 0 Å². The predicted octanol–water partition coefficient (Wildman–Crippen LogP) is 5.06. The van der Waals surface area contributed by atoms with E-state index in [1.807, 2.05) is 0 Å². The van der Waals surface area contributed by atoms with E-state index < -0.39 is 0 Å². The predicted molar refractivity (Wildman–Crippen MR) is 117 cm³/mol. The molecule has 5 aliphatic rings. The van der Waals surface area contributed by atoms with Crippen molar-refractivity contribution in [2.24, 2.45) is 39.9 Å². The van der Waals surface area contributed by atoms with Crippen LogP contribution in [-0.2, 0) is 4.79 Å². The van der Waals surface area contributed by atoms with E-state index in [4.69, 9.17) is 0 Å². The van der Waals surface area contributed by atoms with E-state index in [1.165, 1.54) is 58.0 Å². The lowest BCUT2D eigenvalue weighted by Gasteiger charge is -2.64. The van der Waals surface area contributed by atoms with Gasteiger partial charge in [0.15, 0.2) is 0 Å². The molecular formula is C26H43NO2. The van der Waals surface area contributed by atoms with Gasteiger partial charge in [-0.05, 0) is 106 Å². The fourth-order valence-corrected chi connectivity index (χ4v) is 9.16. The molecule has 0 spiro atoms. The zero-order valence-corrected chi connectivity index (χ0v) is 19.1. The highest BCUT2D eigenvalue weighted by atomic mass is 16.3. The van der Waals surface area contributed by atoms with Crippen LogP contribution in [0.25, 0.3) is 0 Å². The quantitative estimate of drug-likeness (QED) is 0.703. The Morgan fingerprint density at radius 2 is 1.72 bits per heavy atom. The lowest BCUT2D eigenvalue weighted by molar-refractivity contribution is -0.169. The molecular weight excluding hydrogens is 358 g/mol. The number of hydrogen-bond acceptors (Lipinski definition) is 3. The van der Waals surface area contributed by atoms with Crippen LogP contribution in [-0.4, -0.2) is 41.5 Å². The fraction of sp³-hybridized carbons (Fsp3) is 0.962. The minimum atomic E-state index is -0.0968. The zero-order chi connectivity index (χ0) is 20.4. The Morgan fingerprint density at radius 1 is 0.966 bits per heavy atom. The Kier molecular flexibility index (Phi) is 4.98. The van der Waals surface area contributed by atoms with Gasteiger partial charge in [0.05, 0.1) is 6.10 Å². The number of aliphatic hydroxyl groups is 1. The molecule has 8 atom stereocenters. The normalized spacial score (nSPS) is 53.2. The molecule has 0 aromatic carbocycles. The molecule has 0 aromatic rings. The molecule has 5 rings (SSSR count). The van der Waals surface area contributed by atoms with Gasteiger partial charge >= 0.3 is 0 Å². The second-order valence-electron chi connectivity index (χ2n) is 12.4. The molecule has 29 heavy (non-hydrogen) atoms. The second-order valence-corrected chi connectivity index (χ2v) is 12.4. The fourth-order valence-electron chi connectivity index (χ4n) is 9.16. The second kappa shape index (κ2) is 7.05.